The Bertz CT molecular complexity index is 245. The Morgan fingerprint density at radius 2 is 2.18 bits per heavy atom. The van der Waals surface area contributed by atoms with E-state index in [1.807, 2.05) is 13.0 Å². The molecule has 60 valence electrons. The van der Waals surface area contributed by atoms with Crippen LogP contribution in [0.1, 0.15) is 11.1 Å². The van der Waals surface area contributed by atoms with Crippen LogP contribution < -0.4 is 4.74 Å². The smallest absolute Gasteiger partial charge is 0.121 e. The van der Waals surface area contributed by atoms with Crippen LogP contribution in [0.4, 0.5) is 0 Å². The predicted molar refractivity (Wildman–Crippen MR) is 50.4 cm³/mol. The van der Waals surface area contributed by atoms with Crippen molar-refractivity contribution in [1.82, 2.24) is 0 Å². The molecule has 0 saturated heterocycles. The lowest BCUT2D eigenvalue weighted by Crippen LogP contribution is -1.87. The number of hydrogen-bond donors (Lipinski definition) is 0. The van der Waals surface area contributed by atoms with Crippen LogP contribution >= 0.6 is 15.9 Å². The lowest BCUT2D eigenvalue weighted by molar-refractivity contribution is 0.411. The highest BCUT2D eigenvalue weighted by Crippen LogP contribution is 2.19. The summed E-state index contributed by atoms with van der Waals surface area (Å²) in [6, 6.07) is 6.17. The number of benzene rings is 1. The SMILES string of the molecule is COc1ccc(CBr)cc1C. The maximum absolute atomic E-state index is 5.13. The molecule has 1 aromatic carbocycles. The number of rotatable bonds is 2. The average molecular weight is 215 g/mol. The fourth-order valence-electron chi connectivity index (χ4n) is 1.02. The Morgan fingerprint density at radius 1 is 1.45 bits per heavy atom. The van der Waals surface area contributed by atoms with Crippen LogP contribution in [0.5, 0.6) is 5.75 Å². The van der Waals surface area contributed by atoms with Crippen LogP contribution in [0.15, 0.2) is 18.2 Å². The van der Waals surface area contributed by atoms with Crippen LogP contribution in [0, 0.1) is 6.92 Å². The molecule has 0 saturated carbocycles. The molecule has 1 aromatic rings. The highest BCUT2D eigenvalue weighted by atomic mass is 79.9. The molecule has 0 unspecified atom stereocenters. The van der Waals surface area contributed by atoms with Gasteiger partial charge in [0.2, 0.25) is 0 Å². The molecule has 0 aliphatic carbocycles. The van der Waals surface area contributed by atoms with Gasteiger partial charge in [-0.1, -0.05) is 28.1 Å². The fraction of sp³-hybridized carbons (Fsp3) is 0.333. The van der Waals surface area contributed by atoms with Gasteiger partial charge in [-0.15, -0.1) is 0 Å². The minimum atomic E-state index is 0.901. The second-order valence-corrected chi connectivity index (χ2v) is 3.00. The molecule has 1 nitrogen and oxygen atoms in total. The Balaban J connectivity index is 2.99. The van der Waals surface area contributed by atoms with Crippen LogP contribution in [0.3, 0.4) is 0 Å². The summed E-state index contributed by atoms with van der Waals surface area (Å²) >= 11 is 3.40. The predicted octanol–water partition coefficient (Wildman–Crippen LogP) is 2.90. The van der Waals surface area contributed by atoms with E-state index in [0.29, 0.717) is 0 Å². The first-order valence-electron chi connectivity index (χ1n) is 3.47. The van der Waals surface area contributed by atoms with Crippen LogP contribution in [-0.4, -0.2) is 7.11 Å². The second kappa shape index (κ2) is 3.77. The fourth-order valence-corrected chi connectivity index (χ4v) is 1.37. The summed E-state index contributed by atoms with van der Waals surface area (Å²) in [5.74, 6) is 0.953. The van der Waals surface area contributed by atoms with Gasteiger partial charge in [0.15, 0.2) is 0 Å². The summed E-state index contributed by atoms with van der Waals surface area (Å²) in [5.41, 5.74) is 2.47. The molecule has 0 bridgehead atoms. The Labute approximate surface area is 75.5 Å². The molecule has 0 aliphatic rings. The minimum Gasteiger partial charge on any atom is -0.496 e. The molecule has 11 heavy (non-hydrogen) atoms. The van der Waals surface area contributed by atoms with Crippen molar-refractivity contribution in [2.24, 2.45) is 0 Å². The van der Waals surface area contributed by atoms with Gasteiger partial charge < -0.3 is 4.74 Å². The molecule has 0 radical (unpaired) electrons. The highest BCUT2D eigenvalue weighted by Gasteiger charge is 1.97. The lowest BCUT2D eigenvalue weighted by Gasteiger charge is -2.04. The molecule has 2 heteroatoms. The lowest BCUT2D eigenvalue weighted by atomic mass is 10.1. The van der Waals surface area contributed by atoms with Gasteiger partial charge in [0.1, 0.15) is 5.75 Å². The number of methoxy groups -OCH3 is 1. The summed E-state index contributed by atoms with van der Waals surface area (Å²) in [6.07, 6.45) is 0. The zero-order valence-corrected chi connectivity index (χ0v) is 8.31. The highest BCUT2D eigenvalue weighted by molar-refractivity contribution is 9.08. The quantitative estimate of drug-likeness (QED) is 0.689. The normalized spacial score (nSPS) is 9.73. The minimum absolute atomic E-state index is 0.901. The van der Waals surface area contributed by atoms with Gasteiger partial charge in [0.05, 0.1) is 7.11 Å². The van der Waals surface area contributed by atoms with E-state index in [0.717, 1.165) is 11.1 Å². The van der Waals surface area contributed by atoms with E-state index in [-0.39, 0.29) is 0 Å². The van der Waals surface area contributed by atoms with E-state index >= 15 is 0 Å². The van der Waals surface area contributed by atoms with Crippen LogP contribution in [0.2, 0.25) is 0 Å². The first kappa shape index (κ1) is 8.60. The van der Waals surface area contributed by atoms with Gasteiger partial charge in [0, 0.05) is 5.33 Å². The first-order chi connectivity index (χ1) is 5.27. The van der Waals surface area contributed by atoms with Gasteiger partial charge in [-0.3, -0.25) is 0 Å². The largest absolute Gasteiger partial charge is 0.496 e. The van der Waals surface area contributed by atoms with Crippen molar-refractivity contribution in [2.75, 3.05) is 7.11 Å². The summed E-state index contributed by atoms with van der Waals surface area (Å²) in [6.45, 7) is 2.05. The van der Waals surface area contributed by atoms with Gasteiger partial charge in [-0.2, -0.15) is 0 Å². The zero-order valence-electron chi connectivity index (χ0n) is 6.73. The maximum Gasteiger partial charge on any atom is 0.121 e. The third kappa shape index (κ3) is 1.96. The van der Waals surface area contributed by atoms with E-state index in [1.165, 1.54) is 11.1 Å². The number of halogens is 1. The third-order valence-electron chi connectivity index (χ3n) is 1.61. The van der Waals surface area contributed by atoms with Gasteiger partial charge in [-0.05, 0) is 24.1 Å². The molecule has 0 N–H and O–H groups in total. The number of alkyl halides is 1. The Hall–Kier alpha value is -0.500. The monoisotopic (exact) mass is 214 g/mol. The molecule has 0 aromatic heterocycles. The molecule has 0 amide bonds. The van der Waals surface area contributed by atoms with Crippen molar-refractivity contribution in [1.29, 1.82) is 0 Å². The van der Waals surface area contributed by atoms with Crippen molar-refractivity contribution < 1.29 is 4.74 Å². The first-order valence-corrected chi connectivity index (χ1v) is 4.59. The Morgan fingerprint density at radius 3 is 2.64 bits per heavy atom. The van der Waals surface area contributed by atoms with E-state index in [2.05, 4.69) is 28.1 Å². The number of aryl methyl sites for hydroxylation is 1. The maximum atomic E-state index is 5.13. The average Bonchev–Trinajstić information content (AvgIpc) is 2.04. The van der Waals surface area contributed by atoms with E-state index < -0.39 is 0 Å². The standard InChI is InChI=1S/C9H11BrO/c1-7-5-8(6-10)3-4-9(7)11-2/h3-5H,6H2,1-2H3. The topological polar surface area (TPSA) is 9.23 Å². The van der Waals surface area contributed by atoms with E-state index in [1.54, 1.807) is 7.11 Å². The number of ether oxygens (including phenoxy) is 1. The molecule has 1 rings (SSSR count). The van der Waals surface area contributed by atoms with E-state index in [4.69, 9.17) is 4.74 Å². The number of hydrogen-bond acceptors (Lipinski definition) is 1. The summed E-state index contributed by atoms with van der Waals surface area (Å²) < 4.78 is 5.13. The van der Waals surface area contributed by atoms with Crippen molar-refractivity contribution in [3.8, 4) is 5.75 Å². The summed E-state index contributed by atoms with van der Waals surface area (Å²) in [5, 5.41) is 0.901. The van der Waals surface area contributed by atoms with Crippen LogP contribution in [0.25, 0.3) is 0 Å². The van der Waals surface area contributed by atoms with Gasteiger partial charge in [-0.25, -0.2) is 0 Å². The molecule has 0 spiro atoms. The zero-order chi connectivity index (χ0) is 8.27. The molecular weight excluding hydrogens is 204 g/mol. The second-order valence-electron chi connectivity index (χ2n) is 2.44. The van der Waals surface area contributed by atoms with Crippen molar-refractivity contribution in [2.45, 2.75) is 12.3 Å². The summed E-state index contributed by atoms with van der Waals surface area (Å²) in [7, 11) is 1.69. The third-order valence-corrected chi connectivity index (χ3v) is 2.26. The Kier molecular flexibility index (Phi) is 2.94. The molecule has 0 heterocycles. The van der Waals surface area contributed by atoms with Crippen molar-refractivity contribution in [3.63, 3.8) is 0 Å². The van der Waals surface area contributed by atoms with Crippen molar-refractivity contribution >= 4 is 15.9 Å². The van der Waals surface area contributed by atoms with E-state index in [9.17, 15) is 0 Å². The van der Waals surface area contributed by atoms with Gasteiger partial charge >= 0.3 is 0 Å². The molecule has 0 atom stereocenters. The molecule has 0 fully saturated rings. The van der Waals surface area contributed by atoms with Crippen molar-refractivity contribution in [3.05, 3.63) is 29.3 Å². The summed E-state index contributed by atoms with van der Waals surface area (Å²) in [4.78, 5) is 0. The molecule has 0 aliphatic heterocycles. The van der Waals surface area contributed by atoms with Gasteiger partial charge in [0.25, 0.3) is 0 Å². The molecular formula is C9H11BrO. The van der Waals surface area contributed by atoms with Crippen LogP contribution in [-0.2, 0) is 5.33 Å².